The van der Waals surface area contributed by atoms with Gasteiger partial charge in [0.05, 0.1) is 5.56 Å². The smallest absolute Gasteiger partial charge is 0.267 e. The molecule has 0 aliphatic heterocycles. The predicted molar refractivity (Wildman–Crippen MR) is 136 cm³/mol. The van der Waals surface area contributed by atoms with E-state index in [1.165, 1.54) is 0 Å². The quantitative estimate of drug-likeness (QED) is 0.429. The molecule has 0 aliphatic rings. The number of hydrogen-bond acceptors (Lipinski definition) is 2. The molecule has 1 N–H and O–H groups in total. The molecule has 0 unspecified atom stereocenters. The van der Waals surface area contributed by atoms with Crippen molar-refractivity contribution in [2.24, 2.45) is 14.1 Å². The van der Waals surface area contributed by atoms with Gasteiger partial charge in [-0.25, -0.2) is 0 Å². The van der Waals surface area contributed by atoms with Crippen LogP contribution in [0.25, 0.3) is 10.9 Å². The summed E-state index contributed by atoms with van der Waals surface area (Å²) in [5.41, 5.74) is 4.53. The fraction of sp³-hybridized carbons (Fsp3) is 0.286. The van der Waals surface area contributed by atoms with Crippen LogP contribution in [0, 0.1) is 6.92 Å². The van der Waals surface area contributed by atoms with Crippen LogP contribution in [0.4, 0.5) is 0 Å². The van der Waals surface area contributed by atoms with Crippen LogP contribution in [0.2, 0.25) is 0 Å². The first kappa shape index (κ1) is 23.4. The van der Waals surface area contributed by atoms with Crippen molar-refractivity contribution in [3.8, 4) is 0 Å². The van der Waals surface area contributed by atoms with Gasteiger partial charge >= 0.3 is 0 Å². The number of carbonyl (C=O) groups is 2. The molecule has 6 nitrogen and oxygen atoms in total. The van der Waals surface area contributed by atoms with Gasteiger partial charge in [-0.1, -0.05) is 36.4 Å². The lowest BCUT2D eigenvalue weighted by atomic mass is 9.98. The molecule has 2 aromatic carbocycles. The van der Waals surface area contributed by atoms with Gasteiger partial charge in [-0.15, -0.1) is 0 Å². The van der Waals surface area contributed by atoms with Crippen molar-refractivity contribution in [1.82, 2.24) is 19.4 Å². The molecule has 4 aromatic rings. The molecule has 0 radical (unpaired) electrons. The van der Waals surface area contributed by atoms with Crippen LogP contribution in [0.3, 0.4) is 0 Å². The van der Waals surface area contributed by atoms with E-state index < -0.39 is 0 Å². The van der Waals surface area contributed by atoms with Crippen molar-refractivity contribution < 1.29 is 9.59 Å². The van der Waals surface area contributed by atoms with Crippen LogP contribution in [0.15, 0.2) is 73.1 Å². The van der Waals surface area contributed by atoms with Gasteiger partial charge in [-0.3, -0.25) is 9.59 Å². The Hall–Kier alpha value is -3.80. The molecule has 6 heteroatoms. The summed E-state index contributed by atoms with van der Waals surface area (Å²) < 4.78 is 3.84. The Labute approximate surface area is 200 Å². The number of aromatic nitrogens is 2. The van der Waals surface area contributed by atoms with E-state index in [-0.39, 0.29) is 17.9 Å². The van der Waals surface area contributed by atoms with Crippen LogP contribution in [0.1, 0.15) is 38.4 Å². The van der Waals surface area contributed by atoms with E-state index >= 15 is 0 Å². The summed E-state index contributed by atoms with van der Waals surface area (Å²) in [7, 11) is 5.71. The number of hydrogen-bond donors (Lipinski definition) is 1. The van der Waals surface area contributed by atoms with E-state index in [1.807, 2.05) is 86.3 Å². The van der Waals surface area contributed by atoms with Gasteiger partial charge in [0.25, 0.3) is 11.8 Å². The standard InChI is InChI=1S/C28H32N4O2/c1-20-12-13-24-23(15-18-31(24)3)26(20)28(34)32(4)22(19-21-9-6-5-7-10-21)14-16-29-27(33)25-11-8-17-30(25)2/h5-13,15,17-18,22H,14,16,19H2,1-4H3,(H,29,33)/t22-/m1/s1. The largest absolute Gasteiger partial charge is 0.351 e. The van der Waals surface area contributed by atoms with Gasteiger partial charge < -0.3 is 19.4 Å². The van der Waals surface area contributed by atoms with Crippen molar-refractivity contribution in [3.05, 3.63) is 95.4 Å². The second kappa shape index (κ2) is 10.00. The zero-order valence-electron chi connectivity index (χ0n) is 20.3. The van der Waals surface area contributed by atoms with Crippen LogP contribution in [-0.2, 0) is 20.5 Å². The maximum atomic E-state index is 13.8. The third kappa shape index (κ3) is 4.76. The number of nitrogens with zero attached hydrogens (tertiary/aromatic N) is 3. The molecule has 0 saturated heterocycles. The van der Waals surface area contributed by atoms with Gasteiger partial charge in [0, 0.05) is 57.0 Å². The van der Waals surface area contributed by atoms with E-state index in [0.717, 1.165) is 27.6 Å². The number of amides is 2. The molecule has 2 aromatic heterocycles. The van der Waals surface area contributed by atoms with Crippen molar-refractivity contribution in [1.29, 1.82) is 0 Å². The predicted octanol–water partition coefficient (Wildman–Crippen LogP) is 4.33. The molecule has 0 bridgehead atoms. The van der Waals surface area contributed by atoms with E-state index in [2.05, 4.69) is 23.5 Å². The van der Waals surface area contributed by atoms with Gasteiger partial charge in [-0.2, -0.15) is 0 Å². The maximum absolute atomic E-state index is 13.8. The van der Waals surface area contributed by atoms with Crippen LogP contribution in [0.5, 0.6) is 0 Å². The lowest BCUT2D eigenvalue weighted by molar-refractivity contribution is 0.0724. The SMILES string of the molecule is Cc1ccc2c(ccn2C)c1C(=O)N(C)[C@H](CCNC(=O)c1cccn1C)Cc1ccccc1. The van der Waals surface area contributed by atoms with Crippen molar-refractivity contribution in [2.75, 3.05) is 13.6 Å². The van der Waals surface area contributed by atoms with E-state index in [9.17, 15) is 9.59 Å². The molecule has 0 spiro atoms. The highest BCUT2D eigenvalue weighted by Gasteiger charge is 2.25. The monoisotopic (exact) mass is 456 g/mol. The second-order valence-electron chi connectivity index (χ2n) is 8.93. The molecule has 34 heavy (non-hydrogen) atoms. The summed E-state index contributed by atoms with van der Waals surface area (Å²) in [6.07, 6.45) is 5.21. The summed E-state index contributed by atoms with van der Waals surface area (Å²) in [6, 6.07) is 19.8. The molecular weight excluding hydrogens is 424 g/mol. The normalized spacial score (nSPS) is 12.0. The Bertz CT molecular complexity index is 1300. The Kier molecular flexibility index (Phi) is 6.87. The highest BCUT2D eigenvalue weighted by molar-refractivity contribution is 6.08. The zero-order chi connectivity index (χ0) is 24.2. The number of nitrogens with one attached hydrogen (secondary N) is 1. The Morgan fingerprint density at radius 1 is 0.941 bits per heavy atom. The Morgan fingerprint density at radius 2 is 1.71 bits per heavy atom. The number of rotatable bonds is 8. The number of likely N-dealkylation sites (N-methyl/N-ethyl adjacent to an activating group) is 1. The van der Waals surface area contributed by atoms with Gasteiger partial charge in [0.2, 0.25) is 0 Å². The molecule has 0 saturated carbocycles. The average molecular weight is 457 g/mol. The van der Waals surface area contributed by atoms with Crippen LogP contribution < -0.4 is 5.32 Å². The molecule has 0 fully saturated rings. The third-order valence-electron chi connectivity index (χ3n) is 6.61. The number of benzene rings is 2. The van der Waals surface area contributed by atoms with Crippen molar-refractivity contribution in [2.45, 2.75) is 25.8 Å². The average Bonchev–Trinajstić information content (AvgIpc) is 3.43. The lowest BCUT2D eigenvalue weighted by Crippen LogP contribution is -2.41. The fourth-order valence-corrected chi connectivity index (χ4v) is 4.55. The minimum Gasteiger partial charge on any atom is -0.351 e. The number of aryl methyl sites for hydroxylation is 3. The maximum Gasteiger partial charge on any atom is 0.267 e. The van der Waals surface area contributed by atoms with E-state index in [0.29, 0.717) is 25.1 Å². The summed E-state index contributed by atoms with van der Waals surface area (Å²) in [4.78, 5) is 28.2. The molecule has 1 atom stereocenters. The Balaban J connectivity index is 1.55. The van der Waals surface area contributed by atoms with Crippen LogP contribution >= 0.6 is 0 Å². The van der Waals surface area contributed by atoms with Gasteiger partial charge in [0.1, 0.15) is 5.69 Å². The third-order valence-corrected chi connectivity index (χ3v) is 6.61. The minimum absolute atomic E-state index is 0.00370. The lowest BCUT2D eigenvalue weighted by Gasteiger charge is -2.29. The summed E-state index contributed by atoms with van der Waals surface area (Å²) in [5.74, 6) is -0.103. The zero-order valence-corrected chi connectivity index (χ0v) is 20.3. The van der Waals surface area contributed by atoms with E-state index in [1.54, 1.807) is 10.6 Å². The topological polar surface area (TPSA) is 59.3 Å². The highest BCUT2D eigenvalue weighted by atomic mass is 16.2. The molecule has 2 amide bonds. The first-order chi connectivity index (χ1) is 16.4. The van der Waals surface area contributed by atoms with Gasteiger partial charge in [0.15, 0.2) is 0 Å². The summed E-state index contributed by atoms with van der Waals surface area (Å²) in [5, 5.41) is 3.99. The molecule has 0 aliphatic carbocycles. The molecule has 176 valence electrons. The first-order valence-corrected chi connectivity index (χ1v) is 11.6. The second-order valence-corrected chi connectivity index (χ2v) is 8.93. The van der Waals surface area contributed by atoms with Crippen LogP contribution in [-0.4, -0.2) is 45.5 Å². The van der Waals surface area contributed by atoms with Crippen molar-refractivity contribution >= 4 is 22.7 Å². The van der Waals surface area contributed by atoms with Crippen molar-refractivity contribution in [3.63, 3.8) is 0 Å². The van der Waals surface area contributed by atoms with E-state index in [4.69, 9.17) is 0 Å². The summed E-state index contributed by atoms with van der Waals surface area (Å²) >= 11 is 0. The first-order valence-electron chi connectivity index (χ1n) is 11.6. The minimum atomic E-state index is -0.107. The highest BCUT2D eigenvalue weighted by Crippen LogP contribution is 2.25. The molecule has 2 heterocycles. The summed E-state index contributed by atoms with van der Waals surface area (Å²) in [6.45, 7) is 2.47. The van der Waals surface area contributed by atoms with Gasteiger partial charge in [-0.05, 0) is 55.2 Å². The molecule has 4 rings (SSSR count). The Morgan fingerprint density at radius 3 is 2.41 bits per heavy atom. The number of carbonyl (C=O) groups excluding carboxylic acids is 2. The number of fused-ring (bicyclic) bond motifs is 1. The fourth-order valence-electron chi connectivity index (χ4n) is 4.55. The molecular formula is C28H32N4O2.